The van der Waals surface area contributed by atoms with Crippen molar-refractivity contribution < 1.29 is 18.1 Å². The molecule has 0 saturated carbocycles. The maximum Gasteiger partial charge on any atom is 0.270 e. The number of non-ortho nitro benzene ring substituents is 1. The molecule has 0 unspecified atom stereocenters. The lowest BCUT2D eigenvalue weighted by Gasteiger charge is -2.07. The van der Waals surface area contributed by atoms with Gasteiger partial charge >= 0.3 is 0 Å². The van der Waals surface area contributed by atoms with Gasteiger partial charge in [0.15, 0.2) is 0 Å². The van der Waals surface area contributed by atoms with Crippen LogP contribution < -0.4 is 9.46 Å². The normalized spacial score (nSPS) is 11.2. The van der Waals surface area contributed by atoms with Gasteiger partial charge in [-0.15, -0.1) is 0 Å². The summed E-state index contributed by atoms with van der Waals surface area (Å²) >= 11 is 0. The number of nitro groups is 1. The number of methoxy groups -OCH3 is 1. The van der Waals surface area contributed by atoms with Crippen LogP contribution in [0, 0.1) is 10.1 Å². The first kappa shape index (κ1) is 16.9. The zero-order valence-corrected chi connectivity index (χ0v) is 13.2. The second kappa shape index (κ2) is 7.21. The number of ether oxygens (including phenoxy) is 1. The Balaban J connectivity index is 2.04. The number of hydrogen-bond acceptors (Lipinski definition) is 5. The molecule has 8 heteroatoms. The molecule has 0 bridgehead atoms. The van der Waals surface area contributed by atoms with Gasteiger partial charge in [-0.05, 0) is 30.2 Å². The SMILES string of the molecule is COc1cccc(CCNS(=O)(=O)c2cccc([N+](=O)[O-])c2)c1. The Morgan fingerprint density at radius 1 is 1.17 bits per heavy atom. The lowest BCUT2D eigenvalue weighted by atomic mass is 10.1. The van der Waals surface area contributed by atoms with E-state index in [0.29, 0.717) is 12.2 Å². The van der Waals surface area contributed by atoms with E-state index in [1.54, 1.807) is 13.2 Å². The first-order chi connectivity index (χ1) is 10.9. The molecule has 2 rings (SSSR count). The Bertz CT molecular complexity index is 805. The van der Waals surface area contributed by atoms with Crippen LogP contribution in [0.2, 0.25) is 0 Å². The summed E-state index contributed by atoms with van der Waals surface area (Å²) in [7, 11) is -2.23. The van der Waals surface area contributed by atoms with Crippen LogP contribution >= 0.6 is 0 Å². The van der Waals surface area contributed by atoms with Crippen LogP contribution in [-0.2, 0) is 16.4 Å². The molecule has 0 spiro atoms. The van der Waals surface area contributed by atoms with Crippen molar-refractivity contribution in [3.8, 4) is 5.75 Å². The van der Waals surface area contributed by atoms with Gasteiger partial charge in [0.25, 0.3) is 5.69 Å². The van der Waals surface area contributed by atoms with E-state index in [4.69, 9.17) is 4.74 Å². The van der Waals surface area contributed by atoms with Crippen LogP contribution in [0.15, 0.2) is 53.4 Å². The van der Waals surface area contributed by atoms with Crippen molar-refractivity contribution in [2.45, 2.75) is 11.3 Å². The third-order valence-corrected chi connectivity index (χ3v) is 4.64. The van der Waals surface area contributed by atoms with Gasteiger partial charge in [0.1, 0.15) is 5.75 Å². The van der Waals surface area contributed by atoms with Gasteiger partial charge in [-0.2, -0.15) is 0 Å². The summed E-state index contributed by atoms with van der Waals surface area (Å²) < 4.78 is 31.9. The number of rotatable bonds is 7. The maximum atomic E-state index is 12.2. The lowest BCUT2D eigenvalue weighted by Crippen LogP contribution is -2.26. The zero-order valence-electron chi connectivity index (χ0n) is 12.4. The van der Waals surface area contributed by atoms with Crippen molar-refractivity contribution in [1.29, 1.82) is 0 Å². The summed E-state index contributed by atoms with van der Waals surface area (Å²) in [6.45, 7) is 0.179. The highest BCUT2D eigenvalue weighted by Crippen LogP contribution is 2.17. The van der Waals surface area contributed by atoms with E-state index in [1.807, 2.05) is 18.2 Å². The largest absolute Gasteiger partial charge is 0.497 e. The fraction of sp³-hybridized carbons (Fsp3) is 0.200. The van der Waals surface area contributed by atoms with Crippen LogP contribution in [0.4, 0.5) is 5.69 Å². The molecule has 0 atom stereocenters. The first-order valence-corrected chi connectivity index (χ1v) is 8.28. The van der Waals surface area contributed by atoms with Crippen molar-refractivity contribution in [2.24, 2.45) is 0 Å². The maximum absolute atomic E-state index is 12.2. The summed E-state index contributed by atoms with van der Waals surface area (Å²) in [5.41, 5.74) is 0.659. The van der Waals surface area contributed by atoms with E-state index in [-0.39, 0.29) is 17.1 Å². The Morgan fingerprint density at radius 3 is 2.61 bits per heavy atom. The highest BCUT2D eigenvalue weighted by molar-refractivity contribution is 7.89. The fourth-order valence-corrected chi connectivity index (χ4v) is 3.08. The highest BCUT2D eigenvalue weighted by atomic mass is 32.2. The Morgan fingerprint density at radius 2 is 1.91 bits per heavy atom. The van der Waals surface area contributed by atoms with Gasteiger partial charge in [-0.1, -0.05) is 18.2 Å². The minimum absolute atomic E-state index is 0.127. The van der Waals surface area contributed by atoms with Gasteiger partial charge in [0.2, 0.25) is 10.0 Å². The predicted molar refractivity (Wildman–Crippen MR) is 85.0 cm³/mol. The minimum atomic E-state index is -3.79. The number of nitrogens with one attached hydrogen (secondary N) is 1. The molecule has 7 nitrogen and oxygen atoms in total. The number of nitro benzene ring substituents is 1. The fourth-order valence-electron chi connectivity index (χ4n) is 2.01. The van der Waals surface area contributed by atoms with Crippen molar-refractivity contribution in [3.63, 3.8) is 0 Å². The standard InChI is InChI=1S/C15H16N2O5S/c1-22-14-6-2-4-12(10-14)8-9-16-23(20,21)15-7-3-5-13(11-15)17(18)19/h2-7,10-11,16H,8-9H2,1H3. The van der Waals surface area contributed by atoms with Gasteiger partial charge in [0, 0.05) is 18.7 Å². The first-order valence-electron chi connectivity index (χ1n) is 6.79. The average Bonchev–Trinajstić information content (AvgIpc) is 2.55. The molecular formula is C15H16N2O5S. The number of nitrogens with zero attached hydrogens (tertiary/aromatic N) is 1. The van der Waals surface area contributed by atoms with E-state index in [0.717, 1.165) is 11.6 Å². The third-order valence-electron chi connectivity index (χ3n) is 3.18. The van der Waals surface area contributed by atoms with Crippen LogP contribution in [0.3, 0.4) is 0 Å². The van der Waals surface area contributed by atoms with E-state index in [1.165, 1.54) is 18.2 Å². The molecule has 0 aliphatic heterocycles. The Hall–Kier alpha value is -2.45. The van der Waals surface area contributed by atoms with E-state index in [2.05, 4.69) is 4.72 Å². The summed E-state index contributed by atoms with van der Waals surface area (Å²) in [6.07, 6.45) is 0.478. The van der Waals surface area contributed by atoms with E-state index >= 15 is 0 Å². The molecule has 2 aromatic carbocycles. The second-order valence-electron chi connectivity index (χ2n) is 4.75. The molecule has 0 radical (unpaired) electrons. The van der Waals surface area contributed by atoms with Crippen molar-refractivity contribution in [3.05, 3.63) is 64.2 Å². The molecular weight excluding hydrogens is 320 g/mol. The van der Waals surface area contributed by atoms with Gasteiger partial charge in [0.05, 0.1) is 16.9 Å². The summed E-state index contributed by atoms with van der Waals surface area (Å²) in [6, 6.07) is 12.3. The molecule has 0 saturated heterocycles. The van der Waals surface area contributed by atoms with Crippen LogP contribution in [-0.4, -0.2) is 27.0 Å². The van der Waals surface area contributed by atoms with Crippen LogP contribution in [0.25, 0.3) is 0 Å². The molecule has 122 valence electrons. The molecule has 0 amide bonds. The second-order valence-corrected chi connectivity index (χ2v) is 6.52. The average molecular weight is 336 g/mol. The quantitative estimate of drug-likeness (QED) is 0.617. The topological polar surface area (TPSA) is 98.5 Å². The van der Waals surface area contributed by atoms with Gasteiger partial charge in [-0.25, -0.2) is 13.1 Å². The van der Waals surface area contributed by atoms with Crippen molar-refractivity contribution in [2.75, 3.05) is 13.7 Å². The highest BCUT2D eigenvalue weighted by Gasteiger charge is 2.17. The van der Waals surface area contributed by atoms with E-state index in [9.17, 15) is 18.5 Å². The molecule has 0 aliphatic carbocycles. The monoisotopic (exact) mass is 336 g/mol. The van der Waals surface area contributed by atoms with Crippen LogP contribution in [0.1, 0.15) is 5.56 Å². The summed E-state index contributed by atoms with van der Waals surface area (Å²) in [5, 5.41) is 10.7. The molecule has 0 aliphatic rings. The predicted octanol–water partition coefficient (Wildman–Crippen LogP) is 2.12. The molecule has 0 heterocycles. The smallest absolute Gasteiger partial charge is 0.270 e. The molecule has 0 aromatic heterocycles. The number of hydrogen-bond donors (Lipinski definition) is 1. The number of benzene rings is 2. The van der Waals surface area contributed by atoms with Crippen molar-refractivity contribution in [1.82, 2.24) is 4.72 Å². The summed E-state index contributed by atoms with van der Waals surface area (Å²) in [4.78, 5) is 9.96. The van der Waals surface area contributed by atoms with Crippen LogP contribution in [0.5, 0.6) is 5.75 Å². The summed E-state index contributed by atoms with van der Waals surface area (Å²) in [5.74, 6) is 0.698. The molecule has 2 aromatic rings. The lowest BCUT2D eigenvalue weighted by molar-refractivity contribution is -0.385. The Kier molecular flexibility index (Phi) is 5.30. The third kappa shape index (κ3) is 4.51. The zero-order chi connectivity index (χ0) is 16.9. The molecule has 23 heavy (non-hydrogen) atoms. The van der Waals surface area contributed by atoms with E-state index < -0.39 is 14.9 Å². The minimum Gasteiger partial charge on any atom is -0.497 e. The van der Waals surface area contributed by atoms with Gasteiger partial charge < -0.3 is 4.74 Å². The Labute approximate surface area is 134 Å². The number of sulfonamides is 1. The molecule has 0 fully saturated rings. The molecule has 1 N–H and O–H groups in total. The van der Waals surface area contributed by atoms with Gasteiger partial charge in [-0.3, -0.25) is 10.1 Å². The van der Waals surface area contributed by atoms with Crippen molar-refractivity contribution >= 4 is 15.7 Å².